The highest BCUT2D eigenvalue weighted by atomic mass is 16.1. The standard InChI is InChI=1S/C10H13N5O/c1-7(16)13-4-5-14-10-3-2-8(12)9(6-11)15-10/h2-3H,4-5,12H2,1H3,(H,13,16)(H,14,15). The molecular formula is C10H13N5O. The Balaban J connectivity index is 2.49. The maximum atomic E-state index is 10.6. The number of nitrogens with zero attached hydrogens (tertiary/aromatic N) is 2. The van der Waals surface area contributed by atoms with Crippen molar-refractivity contribution in [1.82, 2.24) is 10.3 Å². The van der Waals surface area contributed by atoms with Crippen LogP contribution in [0.5, 0.6) is 0 Å². The third-order valence-corrected chi connectivity index (χ3v) is 1.84. The number of carbonyl (C=O) groups is 1. The summed E-state index contributed by atoms with van der Waals surface area (Å²) in [5.41, 5.74) is 6.08. The van der Waals surface area contributed by atoms with Crippen molar-refractivity contribution in [3.05, 3.63) is 17.8 Å². The normalized spacial score (nSPS) is 9.25. The molecule has 0 saturated heterocycles. The summed E-state index contributed by atoms with van der Waals surface area (Å²) in [5, 5.41) is 14.3. The van der Waals surface area contributed by atoms with Crippen molar-refractivity contribution < 1.29 is 4.79 Å². The lowest BCUT2D eigenvalue weighted by atomic mass is 10.3. The maximum Gasteiger partial charge on any atom is 0.216 e. The number of nitrogens with one attached hydrogen (secondary N) is 2. The number of hydrogen-bond donors (Lipinski definition) is 3. The van der Waals surface area contributed by atoms with E-state index in [4.69, 9.17) is 11.0 Å². The fourth-order valence-electron chi connectivity index (χ4n) is 1.09. The van der Waals surface area contributed by atoms with Crippen molar-refractivity contribution in [3.63, 3.8) is 0 Å². The highest BCUT2D eigenvalue weighted by Crippen LogP contribution is 2.11. The van der Waals surface area contributed by atoms with Crippen molar-refractivity contribution in [3.8, 4) is 6.07 Å². The van der Waals surface area contributed by atoms with E-state index in [0.29, 0.717) is 24.6 Å². The average Bonchev–Trinajstić information content (AvgIpc) is 2.26. The number of hydrogen-bond acceptors (Lipinski definition) is 5. The third kappa shape index (κ3) is 3.46. The van der Waals surface area contributed by atoms with E-state index in [0.717, 1.165) is 0 Å². The van der Waals surface area contributed by atoms with Crippen molar-refractivity contribution >= 4 is 17.4 Å². The first-order valence-electron chi connectivity index (χ1n) is 4.78. The summed E-state index contributed by atoms with van der Waals surface area (Å²) in [6.45, 7) is 2.50. The van der Waals surface area contributed by atoms with Gasteiger partial charge in [0, 0.05) is 20.0 Å². The van der Waals surface area contributed by atoms with Crippen molar-refractivity contribution in [2.75, 3.05) is 24.1 Å². The molecule has 6 nitrogen and oxygen atoms in total. The SMILES string of the molecule is CC(=O)NCCNc1ccc(N)c(C#N)n1. The van der Waals surface area contributed by atoms with Gasteiger partial charge in [-0.25, -0.2) is 4.98 Å². The summed E-state index contributed by atoms with van der Waals surface area (Å²) in [5.74, 6) is 0.487. The summed E-state index contributed by atoms with van der Waals surface area (Å²) in [6, 6.07) is 5.20. The topological polar surface area (TPSA) is 104 Å². The Morgan fingerprint density at radius 2 is 2.31 bits per heavy atom. The molecule has 0 atom stereocenters. The van der Waals surface area contributed by atoms with Crippen LogP contribution in [0.25, 0.3) is 0 Å². The molecule has 4 N–H and O–H groups in total. The predicted molar refractivity (Wildman–Crippen MR) is 60.5 cm³/mol. The zero-order valence-corrected chi connectivity index (χ0v) is 8.95. The predicted octanol–water partition coefficient (Wildman–Crippen LogP) is 0.0835. The number of amides is 1. The van der Waals surface area contributed by atoms with Gasteiger partial charge in [-0.15, -0.1) is 0 Å². The molecule has 0 saturated carbocycles. The Labute approximate surface area is 93.5 Å². The average molecular weight is 219 g/mol. The van der Waals surface area contributed by atoms with Gasteiger partial charge in [-0.2, -0.15) is 5.26 Å². The van der Waals surface area contributed by atoms with Gasteiger partial charge in [0.2, 0.25) is 5.91 Å². The number of nitrogen functional groups attached to an aromatic ring is 1. The van der Waals surface area contributed by atoms with E-state index in [9.17, 15) is 4.79 Å². The number of rotatable bonds is 4. The summed E-state index contributed by atoms with van der Waals surface area (Å²) in [7, 11) is 0. The number of pyridine rings is 1. The highest BCUT2D eigenvalue weighted by Gasteiger charge is 2.01. The van der Waals surface area contributed by atoms with Gasteiger partial charge in [-0.3, -0.25) is 4.79 Å². The van der Waals surface area contributed by atoms with Gasteiger partial charge in [0.1, 0.15) is 11.9 Å². The molecule has 6 heteroatoms. The Hall–Kier alpha value is -2.29. The second-order valence-corrected chi connectivity index (χ2v) is 3.16. The van der Waals surface area contributed by atoms with Crippen LogP contribution in [0.2, 0.25) is 0 Å². The fourth-order valence-corrected chi connectivity index (χ4v) is 1.09. The minimum absolute atomic E-state index is 0.0789. The monoisotopic (exact) mass is 219 g/mol. The molecule has 84 valence electrons. The highest BCUT2D eigenvalue weighted by molar-refractivity contribution is 5.72. The Morgan fingerprint density at radius 1 is 1.56 bits per heavy atom. The molecule has 0 aliphatic heterocycles. The fraction of sp³-hybridized carbons (Fsp3) is 0.300. The first-order chi connectivity index (χ1) is 7.63. The molecule has 1 aromatic rings. The van der Waals surface area contributed by atoms with Crippen LogP contribution < -0.4 is 16.4 Å². The second kappa shape index (κ2) is 5.56. The first kappa shape index (κ1) is 11.8. The maximum absolute atomic E-state index is 10.6. The number of anilines is 2. The molecule has 1 amide bonds. The lowest BCUT2D eigenvalue weighted by Gasteiger charge is -2.06. The van der Waals surface area contributed by atoms with E-state index < -0.39 is 0 Å². The van der Waals surface area contributed by atoms with Crippen LogP contribution in [0.4, 0.5) is 11.5 Å². The van der Waals surface area contributed by atoms with E-state index >= 15 is 0 Å². The smallest absolute Gasteiger partial charge is 0.216 e. The van der Waals surface area contributed by atoms with Crippen molar-refractivity contribution in [1.29, 1.82) is 5.26 Å². The van der Waals surface area contributed by atoms with Gasteiger partial charge in [-0.1, -0.05) is 0 Å². The van der Waals surface area contributed by atoms with Crippen LogP contribution in [0.15, 0.2) is 12.1 Å². The zero-order valence-electron chi connectivity index (χ0n) is 8.95. The molecule has 0 fully saturated rings. The number of nitriles is 1. The van der Waals surface area contributed by atoms with E-state index in [1.54, 1.807) is 12.1 Å². The van der Waals surface area contributed by atoms with Crippen molar-refractivity contribution in [2.45, 2.75) is 6.92 Å². The Kier molecular flexibility index (Phi) is 4.09. The van der Waals surface area contributed by atoms with Gasteiger partial charge in [0.15, 0.2) is 5.69 Å². The molecule has 0 aliphatic rings. The van der Waals surface area contributed by atoms with Crippen LogP contribution in [-0.2, 0) is 4.79 Å². The van der Waals surface area contributed by atoms with Gasteiger partial charge < -0.3 is 16.4 Å². The molecule has 16 heavy (non-hydrogen) atoms. The van der Waals surface area contributed by atoms with E-state index in [1.165, 1.54) is 6.92 Å². The summed E-state index contributed by atoms with van der Waals surface area (Å²) < 4.78 is 0. The molecule has 1 heterocycles. The van der Waals surface area contributed by atoms with Crippen LogP contribution in [0.1, 0.15) is 12.6 Å². The van der Waals surface area contributed by atoms with Crippen LogP contribution in [0, 0.1) is 11.3 Å². The molecule has 0 aliphatic carbocycles. The quantitative estimate of drug-likeness (QED) is 0.622. The Bertz CT molecular complexity index is 424. The van der Waals surface area contributed by atoms with Gasteiger partial charge in [0.05, 0.1) is 5.69 Å². The molecule has 1 rings (SSSR count). The van der Waals surface area contributed by atoms with Gasteiger partial charge >= 0.3 is 0 Å². The minimum atomic E-state index is -0.0789. The largest absolute Gasteiger partial charge is 0.396 e. The van der Waals surface area contributed by atoms with Gasteiger partial charge in [0.25, 0.3) is 0 Å². The number of aromatic nitrogens is 1. The van der Waals surface area contributed by atoms with Crippen molar-refractivity contribution in [2.24, 2.45) is 0 Å². The summed E-state index contributed by atoms with van der Waals surface area (Å²) in [4.78, 5) is 14.6. The van der Waals surface area contributed by atoms with Crippen LogP contribution in [-0.4, -0.2) is 24.0 Å². The Morgan fingerprint density at radius 3 is 2.94 bits per heavy atom. The summed E-state index contributed by atoms with van der Waals surface area (Å²) in [6.07, 6.45) is 0. The zero-order chi connectivity index (χ0) is 12.0. The third-order valence-electron chi connectivity index (χ3n) is 1.84. The number of carbonyl (C=O) groups excluding carboxylic acids is 1. The van der Waals surface area contributed by atoms with Crippen LogP contribution in [0.3, 0.4) is 0 Å². The molecule has 0 aromatic carbocycles. The molecular weight excluding hydrogens is 206 g/mol. The number of nitrogens with two attached hydrogens (primary N) is 1. The van der Waals surface area contributed by atoms with E-state index in [1.807, 2.05) is 6.07 Å². The summed E-state index contributed by atoms with van der Waals surface area (Å²) >= 11 is 0. The van der Waals surface area contributed by atoms with Gasteiger partial charge in [-0.05, 0) is 12.1 Å². The minimum Gasteiger partial charge on any atom is -0.396 e. The van der Waals surface area contributed by atoms with Crippen LogP contribution >= 0.6 is 0 Å². The molecule has 0 bridgehead atoms. The lowest BCUT2D eigenvalue weighted by molar-refractivity contribution is -0.118. The molecule has 0 radical (unpaired) electrons. The second-order valence-electron chi connectivity index (χ2n) is 3.16. The molecule has 1 aromatic heterocycles. The van der Waals surface area contributed by atoms with E-state index in [2.05, 4.69) is 15.6 Å². The first-order valence-corrected chi connectivity index (χ1v) is 4.78. The lowest BCUT2D eigenvalue weighted by Crippen LogP contribution is -2.26. The molecule has 0 spiro atoms. The molecule has 0 unspecified atom stereocenters. The van der Waals surface area contributed by atoms with E-state index in [-0.39, 0.29) is 11.6 Å².